The fraction of sp³-hybridized carbons (Fsp3) is 0.769. The van der Waals surface area contributed by atoms with Gasteiger partial charge in [-0.2, -0.15) is 0 Å². The molecule has 2 atom stereocenters. The maximum absolute atomic E-state index is 11.0. The van der Waals surface area contributed by atoms with Gasteiger partial charge in [0.1, 0.15) is 0 Å². The summed E-state index contributed by atoms with van der Waals surface area (Å²) in [5.41, 5.74) is 0. The van der Waals surface area contributed by atoms with E-state index in [4.69, 9.17) is 0 Å². The molecule has 0 bridgehead atoms. The number of amides is 1. The molecular formula is C13H23NO. The van der Waals surface area contributed by atoms with Crippen LogP contribution in [0.15, 0.2) is 12.2 Å². The summed E-state index contributed by atoms with van der Waals surface area (Å²) >= 11 is 0. The van der Waals surface area contributed by atoms with Gasteiger partial charge in [-0.05, 0) is 37.5 Å². The molecule has 1 amide bonds. The van der Waals surface area contributed by atoms with E-state index in [0.29, 0.717) is 0 Å². The van der Waals surface area contributed by atoms with E-state index in [1.54, 1.807) is 6.92 Å². The highest BCUT2D eigenvalue weighted by Gasteiger charge is 2.36. The van der Waals surface area contributed by atoms with Crippen molar-refractivity contribution in [1.82, 2.24) is 4.90 Å². The number of hydrogen-bond acceptors (Lipinski definition) is 1. The van der Waals surface area contributed by atoms with Crippen molar-refractivity contribution < 1.29 is 4.79 Å². The van der Waals surface area contributed by atoms with Gasteiger partial charge in [-0.15, -0.1) is 0 Å². The van der Waals surface area contributed by atoms with Gasteiger partial charge in [-0.25, -0.2) is 0 Å². The van der Waals surface area contributed by atoms with Crippen molar-refractivity contribution in [2.24, 2.45) is 11.8 Å². The normalized spacial score (nSPS) is 24.5. The molecule has 2 nitrogen and oxygen atoms in total. The van der Waals surface area contributed by atoms with Crippen LogP contribution in [0.25, 0.3) is 0 Å². The van der Waals surface area contributed by atoms with Crippen LogP contribution in [0.4, 0.5) is 0 Å². The summed E-state index contributed by atoms with van der Waals surface area (Å²) in [7, 11) is 1.90. The molecule has 0 heterocycles. The minimum atomic E-state index is 0.187. The first kappa shape index (κ1) is 12.3. The molecule has 0 aromatic heterocycles. The van der Waals surface area contributed by atoms with Crippen molar-refractivity contribution in [3.8, 4) is 0 Å². The van der Waals surface area contributed by atoms with Crippen LogP contribution in [0.2, 0.25) is 0 Å². The Morgan fingerprint density at radius 2 is 2.13 bits per heavy atom. The minimum absolute atomic E-state index is 0.187. The lowest BCUT2D eigenvalue weighted by molar-refractivity contribution is -0.127. The zero-order valence-corrected chi connectivity index (χ0v) is 10.2. The van der Waals surface area contributed by atoms with E-state index < -0.39 is 0 Å². The standard InChI is InChI=1S/C13H23NO/c1-4-5-6-7-8-12-9-13(12)10-14(3)11(2)15/h5-6,12-13H,4,7-10H2,1-3H3/b6-5-/t12-,13-/m0/s1. The molecule has 0 saturated heterocycles. The lowest BCUT2D eigenvalue weighted by Crippen LogP contribution is -2.26. The van der Waals surface area contributed by atoms with Gasteiger partial charge in [0, 0.05) is 20.5 Å². The molecule has 15 heavy (non-hydrogen) atoms. The molecule has 0 spiro atoms. The molecule has 0 aliphatic heterocycles. The Bertz CT molecular complexity index is 235. The van der Waals surface area contributed by atoms with Gasteiger partial charge in [0.2, 0.25) is 5.91 Å². The molecule has 0 radical (unpaired) electrons. The lowest BCUT2D eigenvalue weighted by atomic mass is 10.1. The molecule has 2 heteroatoms. The van der Waals surface area contributed by atoms with E-state index in [-0.39, 0.29) is 5.91 Å². The highest BCUT2D eigenvalue weighted by atomic mass is 16.2. The highest BCUT2D eigenvalue weighted by molar-refractivity contribution is 5.72. The average molecular weight is 209 g/mol. The third-order valence-electron chi connectivity index (χ3n) is 3.22. The summed E-state index contributed by atoms with van der Waals surface area (Å²) in [6, 6.07) is 0. The van der Waals surface area contributed by atoms with Crippen molar-refractivity contribution in [3.63, 3.8) is 0 Å². The largest absolute Gasteiger partial charge is 0.346 e. The van der Waals surface area contributed by atoms with Crippen LogP contribution in [-0.4, -0.2) is 24.4 Å². The second-order valence-corrected chi connectivity index (χ2v) is 4.61. The fourth-order valence-electron chi connectivity index (χ4n) is 1.96. The maximum Gasteiger partial charge on any atom is 0.219 e. The fourth-order valence-corrected chi connectivity index (χ4v) is 1.96. The number of rotatable bonds is 6. The van der Waals surface area contributed by atoms with Gasteiger partial charge in [0.15, 0.2) is 0 Å². The summed E-state index contributed by atoms with van der Waals surface area (Å²) in [6.07, 6.45) is 9.48. The van der Waals surface area contributed by atoms with E-state index >= 15 is 0 Å². The summed E-state index contributed by atoms with van der Waals surface area (Å²) in [5, 5.41) is 0. The Kier molecular flexibility index (Phi) is 4.86. The first-order valence-electron chi connectivity index (χ1n) is 6.01. The number of allylic oxidation sites excluding steroid dienone is 2. The third kappa shape index (κ3) is 4.50. The number of carbonyl (C=O) groups is 1. The molecule has 0 unspecified atom stereocenters. The van der Waals surface area contributed by atoms with Crippen molar-refractivity contribution in [2.75, 3.05) is 13.6 Å². The van der Waals surface area contributed by atoms with E-state index in [1.807, 2.05) is 11.9 Å². The van der Waals surface area contributed by atoms with E-state index in [2.05, 4.69) is 19.1 Å². The molecule has 86 valence electrons. The van der Waals surface area contributed by atoms with Gasteiger partial charge in [-0.1, -0.05) is 19.1 Å². The molecule has 1 aliphatic rings. The zero-order valence-electron chi connectivity index (χ0n) is 10.2. The van der Waals surface area contributed by atoms with Crippen molar-refractivity contribution in [2.45, 2.75) is 39.5 Å². The summed E-state index contributed by atoms with van der Waals surface area (Å²) in [5.74, 6) is 1.83. The Balaban J connectivity index is 2.07. The number of hydrogen-bond donors (Lipinski definition) is 0. The second-order valence-electron chi connectivity index (χ2n) is 4.61. The predicted octanol–water partition coefficient (Wildman–Crippen LogP) is 2.85. The molecule has 1 rings (SSSR count). The van der Waals surface area contributed by atoms with Crippen LogP contribution >= 0.6 is 0 Å². The van der Waals surface area contributed by atoms with E-state index in [1.165, 1.54) is 19.3 Å². The van der Waals surface area contributed by atoms with Crippen LogP contribution in [0.3, 0.4) is 0 Å². The van der Waals surface area contributed by atoms with Crippen molar-refractivity contribution in [3.05, 3.63) is 12.2 Å². The van der Waals surface area contributed by atoms with E-state index in [0.717, 1.165) is 24.8 Å². The molecule has 0 aromatic carbocycles. The molecular weight excluding hydrogens is 186 g/mol. The van der Waals surface area contributed by atoms with Crippen LogP contribution in [0.5, 0.6) is 0 Å². The number of nitrogens with zero attached hydrogens (tertiary/aromatic N) is 1. The lowest BCUT2D eigenvalue weighted by Gasteiger charge is -2.13. The van der Waals surface area contributed by atoms with Gasteiger partial charge in [-0.3, -0.25) is 4.79 Å². The Hall–Kier alpha value is -0.790. The quantitative estimate of drug-likeness (QED) is 0.616. The Morgan fingerprint density at radius 3 is 2.73 bits per heavy atom. The van der Waals surface area contributed by atoms with Gasteiger partial charge < -0.3 is 4.90 Å². The first-order chi connectivity index (χ1) is 7.15. The average Bonchev–Trinajstić information content (AvgIpc) is 2.91. The van der Waals surface area contributed by atoms with Gasteiger partial charge in [0.05, 0.1) is 0 Å². The highest BCUT2D eigenvalue weighted by Crippen LogP contribution is 2.42. The second kappa shape index (κ2) is 5.94. The molecule has 0 N–H and O–H groups in total. The van der Waals surface area contributed by atoms with Crippen LogP contribution < -0.4 is 0 Å². The summed E-state index contributed by atoms with van der Waals surface area (Å²) in [6.45, 7) is 4.76. The molecule has 1 fully saturated rings. The van der Waals surface area contributed by atoms with Crippen LogP contribution in [-0.2, 0) is 4.79 Å². The van der Waals surface area contributed by atoms with Gasteiger partial charge in [0.25, 0.3) is 0 Å². The first-order valence-corrected chi connectivity index (χ1v) is 6.01. The minimum Gasteiger partial charge on any atom is -0.346 e. The van der Waals surface area contributed by atoms with Crippen molar-refractivity contribution >= 4 is 5.91 Å². The summed E-state index contributed by atoms with van der Waals surface area (Å²) < 4.78 is 0. The molecule has 1 saturated carbocycles. The predicted molar refractivity (Wildman–Crippen MR) is 63.6 cm³/mol. The Labute approximate surface area is 93.3 Å². The SMILES string of the molecule is CC/C=C\CC[C@H]1C[C@H]1CN(C)C(C)=O. The number of carbonyl (C=O) groups excluding carboxylic acids is 1. The zero-order chi connectivity index (χ0) is 11.3. The van der Waals surface area contributed by atoms with Crippen LogP contribution in [0.1, 0.15) is 39.5 Å². The molecule has 0 aromatic rings. The van der Waals surface area contributed by atoms with Gasteiger partial charge >= 0.3 is 0 Å². The van der Waals surface area contributed by atoms with Crippen molar-refractivity contribution in [1.29, 1.82) is 0 Å². The van der Waals surface area contributed by atoms with E-state index in [9.17, 15) is 4.79 Å². The smallest absolute Gasteiger partial charge is 0.219 e. The molecule has 1 aliphatic carbocycles. The Morgan fingerprint density at radius 1 is 1.40 bits per heavy atom. The van der Waals surface area contributed by atoms with Crippen LogP contribution in [0, 0.1) is 11.8 Å². The topological polar surface area (TPSA) is 20.3 Å². The maximum atomic E-state index is 11.0. The monoisotopic (exact) mass is 209 g/mol. The summed E-state index contributed by atoms with van der Waals surface area (Å²) in [4.78, 5) is 12.9. The third-order valence-corrected chi connectivity index (χ3v) is 3.22.